The molecule has 3 saturated heterocycles. The minimum atomic E-state index is 0.314. The molecular formula is C9H13N. The van der Waals surface area contributed by atoms with Gasteiger partial charge in [0.2, 0.25) is 0 Å². The van der Waals surface area contributed by atoms with E-state index in [1.807, 2.05) is 0 Å². The average Bonchev–Trinajstić information content (AvgIpc) is 2.08. The maximum Gasteiger partial charge on any atom is 0.0348 e. The highest BCUT2D eigenvalue weighted by Crippen LogP contribution is 2.38. The van der Waals surface area contributed by atoms with E-state index in [9.17, 15) is 0 Å². The first-order chi connectivity index (χ1) is 4.85. The molecule has 0 aromatic rings. The van der Waals surface area contributed by atoms with E-state index in [2.05, 4.69) is 10.8 Å². The van der Waals surface area contributed by atoms with E-state index in [4.69, 9.17) is 6.42 Å². The van der Waals surface area contributed by atoms with Gasteiger partial charge in [-0.1, -0.05) is 5.92 Å². The van der Waals surface area contributed by atoms with Gasteiger partial charge < -0.3 is 4.90 Å². The Labute approximate surface area is 62.4 Å². The molecule has 0 atom stereocenters. The second kappa shape index (κ2) is 2.00. The van der Waals surface area contributed by atoms with Crippen molar-refractivity contribution in [2.75, 3.05) is 19.6 Å². The van der Waals surface area contributed by atoms with Crippen LogP contribution in [0.25, 0.3) is 0 Å². The Bertz CT molecular complexity index is 156. The van der Waals surface area contributed by atoms with Crippen LogP contribution in [-0.2, 0) is 0 Å². The molecule has 0 aliphatic carbocycles. The van der Waals surface area contributed by atoms with Crippen LogP contribution >= 0.6 is 0 Å². The fourth-order valence-corrected chi connectivity index (χ4v) is 2.04. The maximum atomic E-state index is 5.50. The molecule has 3 rings (SSSR count). The van der Waals surface area contributed by atoms with Gasteiger partial charge in [-0.2, -0.15) is 0 Å². The van der Waals surface area contributed by atoms with Crippen LogP contribution in [0.5, 0.6) is 0 Å². The van der Waals surface area contributed by atoms with Crippen LogP contribution < -0.4 is 0 Å². The first-order valence-electron chi connectivity index (χ1n) is 4.05. The summed E-state index contributed by atoms with van der Waals surface area (Å²) in [6.45, 7) is 3.72. The van der Waals surface area contributed by atoms with Crippen molar-refractivity contribution in [1.82, 2.24) is 4.90 Å². The van der Waals surface area contributed by atoms with Crippen molar-refractivity contribution in [2.45, 2.75) is 19.3 Å². The summed E-state index contributed by atoms with van der Waals surface area (Å²) in [5.41, 5.74) is 0.314. The molecular weight excluding hydrogens is 122 g/mol. The largest absolute Gasteiger partial charge is 0.303 e. The zero-order valence-electron chi connectivity index (χ0n) is 6.27. The van der Waals surface area contributed by atoms with Crippen molar-refractivity contribution in [1.29, 1.82) is 0 Å². The summed E-state index contributed by atoms with van der Waals surface area (Å²) in [6.07, 6.45) is 9.22. The molecule has 0 amide bonds. The number of piperidine rings is 3. The molecule has 0 unspecified atom stereocenters. The highest BCUT2D eigenvalue weighted by Gasteiger charge is 2.37. The molecule has 0 aromatic carbocycles. The minimum Gasteiger partial charge on any atom is -0.303 e. The molecule has 54 valence electrons. The number of hydrogen-bond donors (Lipinski definition) is 0. The van der Waals surface area contributed by atoms with Crippen LogP contribution in [0, 0.1) is 17.8 Å². The maximum absolute atomic E-state index is 5.50. The SMILES string of the molecule is C#CC12CCN(CC1)CC2. The average molecular weight is 135 g/mol. The van der Waals surface area contributed by atoms with Gasteiger partial charge in [0, 0.05) is 5.41 Å². The van der Waals surface area contributed by atoms with Crippen LogP contribution in [0.15, 0.2) is 0 Å². The first kappa shape index (κ1) is 6.24. The topological polar surface area (TPSA) is 3.24 Å². The van der Waals surface area contributed by atoms with Gasteiger partial charge in [-0.3, -0.25) is 0 Å². The molecule has 3 aliphatic rings. The van der Waals surface area contributed by atoms with Crippen LogP contribution in [0.3, 0.4) is 0 Å². The molecule has 10 heavy (non-hydrogen) atoms. The standard InChI is InChI=1S/C9H13N/c1-2-9-3-6-10(7-4-9)8-5-9/h1H,3-8H2. The highest BCUT2D eigenvalue weighted by molar-refractivity contribution is 5.10. The number of rotatable bonds is 0. The number of terminal acetylenes is 1. The zero-order valence-corrected chi connectivity index (χ0v) is 6.27. The molecule has 2 bridgehead atoms. The molecule has 3 aliphatic heterocycles. The van der Waals surface area contributed by atoms with Crippen LogP contribution in [-0.4, -0.2) is 24.5 Å². The second-order valence-corrected chi connectivity index (χ2v) is 3.52. The quantitative estimate of drug-likeness (QED) is 0.450. The molecule has 0 aromatic heterocycles. The van der Waals surface area contributed by atoms with Gasteiger partial charge in [-0.25, -0.2) is 0 Å². The lowest BCUT2D eigenvalue weighted by molar-refractivity contribution is 0.0681. The van der Waals surface area contributed by atoms with Crippen LogP contribution in [0.1, 0.15) is 19.3 Å². The number of nitrogens with zero attached hydrogens (tertiary/aromatic N) is 1. The minimum absolute atomic E-state index is 0.314. The lowest BCUT2D eigenvalue weighted by Crippen LogP contribution is -2.47. The van der Waals surface area contributed by atoms with E-state index in [0.717, 1.165) is 0 Å². The lowest BCUT2D eigenvalue weighted by atomic mass is 9.73. The number of hydrogen-bond acceptors (Lipinski definition) is 1. The van der Waals surface area contributed by atoms with Gasteiger partial charge in [0.25, 0.3) is 0 Å². The van der Waals surface area contributed by atoms with E-state index in [1.165, 1.54) is 38.9 Å². The second-order valence-electron chi connectivity index (χ2n) is 3.52. The van der Waals surface area contributed by atoms with Crippen molar-refractivity contribution in [2.24, 2.45) is 5.41 Å². The number of fused-ring (bicyclic) bond motifs is 3. The Morgan fingerprint density at radius 2 is 1.60 bits per heavy atom. The molecule has 0 radical (unpaired) electrons. The molecule has 0 N–H and O–H groups in total. The van der Waals surface area contributed by atoms with Gasteiger partial charge in [-0.05, 0) is 38.9 Å². The van der Waals surface area contributed by atoms with Crippen molar-refractivity contribution in [3.05, 3.63) is 0 Å². The van der Waals surface area contributed by atoms with Crippen LogP contribution in [0.2, 0.25) is 0 Å². The summed E-state index contributed by atoms with van der Waals surface area (Å²) in [5.74, 6) is 2.98. The predicted octanol–water partition coefficient (Wildman–Crippen LogP) is 1.11. The predicted molar refractivity (Wildman–Crippen MR) is 41.6 cm³/mol. The monoisotopic (exact) mass is 135 g/mol. The van der Waals surface area contributed by atoms with E-state index in [1.54, 1.807) is 0 Å². The van der Waals surface area contributed by atoms with Gasteiger partial charge in [0.05, 0.1) is 0 Å². The zero-order chi connectivity index (χ0) is 7.03. The van der Waals surface area contributed by atoms with Gasteiger partial charge in [0.15, 0.2) is 0 Å². The van der Waals surface area contributed by atoms with Crippen molar-refractivity contribution >= 4 is 0 Å². The normalized spacial score (nSPS) is 44.9. The molecule has 3 fully saturated rings. The Kier molecular flexibility index (Phi) is 1.25. The summed E-state index contributed by atoms with van der Waals surface area (Å²) in [4.78, 5) is 2.51. The lowest BCUT2D eigenvalue weighted by Gasteiger charge is -2.45. The van der Waals surface area contributed by atoms with Crippen LogP contribution in [0.4, 0.5) is 0 Å². The van der Waals surface area contributed by atoms with E-state index < -0.39 is 0 Å². The van der Waals surface area contributed by atoms with E-state index in [-0.39, 0.29) is 0 Å². The molecule has 1 heteroatoms. The summed E-state index contributed by atoms with van der Waals surface area (Å²) in [5, 5.41) is 0. The molecule has 0 spiro atoms. The Morgan fingerprint density at radius 1 is 1.10 bits per heavy atom. The highest BCUT2D eigenvalue weighted by atomic mass is 15.1. The summed E-state index contributed by atoms with van der Waals surface area (Å²) >= 11 is 0. The Hall–Kier alpha value is -0.480. The van der Waals surface area contributed by atoms with Gasteiger partial charge >= 0.3 is 0 Å². The first-order valence-corrected chi connectivity index (χ1v) is 4.05. The Morgan fingerprint density at radius 3 is 1.90 bits per heavy atom. The van der Waals surface area contributed by atoms with Crippen molar-refractivity contribution in [3.63, 3.8) is 0 Å². The van der Waals surface area contributed by atoms with Crippen molar-refractivity contribution in [3.8, 4) is 12.3 Å². The van der Waals surface area contributed by atoms with Crippen molar-refractivity contribution < 1.29 is 0 Å². The summed E-state index contributed by atoms with van der Waals surface area (Å²) < 4.78 is 0. The summed E-state index contributed by atoms with van der Waals surface area (Å²) in [6, 6.07) is 0. The third kappa shape index (κ3) is 0.759. The Balaban J connectivity index is 2.17. The smallest absolute Gasteiger partial charge is 0.0348 e. The fraction of sp³-hybridized carbons (Fsp3) is 0.778. The van der Waals surface area contributed by atoms with Gasteiger partial charge in [-0.15, -0.1) is 6.42 Å². The van der Waals surface area contributed by atoms with E-state index >= 15 is 0 Å². The third-order valence-electron chi connectivity index (χ3n) is 3.03. The summed E-state index contributed by atoms with van der Waals surface area (Å²) in [7, 11) is 0. The van der Waals surface area contributed by atoms with Gasteiger partial charge in [0.1, 0.15) is 0 Å². The van der Waals surface area contributed by atoms with E-state index in [0.29, 0.717) is 5.41 Å². The molecule has 1 nitrogen and oxygen atoms in total. The fourth-order valence-electron chi connectivity index (χ4n) is 2.04. The molecule has 3 heterocycles. The molecule has 0 saturated carbocycles. The third-order valence-corrected chi connectivity index (χ3v) is 3.03.